The van der Waals surface area contributed by atoms with Crippen molar-refractivity contribution in [3.63, 3.8) is 0 Å². The third-order valence-corrected chi connectivity index (χ3v) is 3.20. The molecule has 2 heteroatoms. The number of rotatable bonds is 2. The Balaban J connectivity index is 0.000000980. The summed E-state index contributed by atoms with van der Waals surface area (Å²) in [5.74, 6) is 0.510. The molecular formula is C12H12SiTi. The van der Waals surface area contributed by atoms with E-state index in [0.29, 0.717) is 5.92 Å². The van der Waals surface area contributed by atoms with Crippen LogP contribution in [-0.2, 0) is 21.7 Å². The first kappa shape index (κ1) is 11.7. The molecule has 0 saturated heterocycles. The van der Waals surface area contributed by atoms with Gasteiger partial charge in [-0.3, -0.25) is 0 Å². The monoisotopic (exact) mass is 232 g/mol. The van der Waals surface area contributed by atoms with Crippen molar-refractivity contribution in [2.45, 2.75) is 12.5 Å². The first-order valence-electron chi connectivity index (χ1n) is 4.53. The predicted octanol–water partition coefficient (Wildman–Crippen LogP) is 2.27. The largest absolute Gasteiger partial charge is 0.0773 e. The van der Waals surface area contributed by atoms with Gasteiger partial charge in [-0.15, -0.1) is 0 Å². The molecule has 0 heterocycles. The van der Waals surface area contributed by atoms with Gasteiger partial charge in [0.2, 0.25) is 0 Å². The zero-order valence-corrected chi connectivity index (χ0v) is 10.8. The van der Waals surface area contributed by atoms with Gasteiger partial charge in [-0.2, -0.15) is 0 Å². The van der Waals surface area contributed by atoms with Gasteiger partial charge < -0.3 is 0 Å². The molecule has 68 valence electrons. The van der Waals surface area contributed by atoms with Crippen molar-refractivity contribution in [1.82, 2.24) is 0 Å². The minimum atomic E-state index is 0. The molecule has 1 aromatic carbocycles. The van der Waals surface area contributed by atoms with Crippen LogP contribution in [0.3, 0.4) is 0 Å². The molecule has 0 aliphatic heterocycles. The summed E-state index contributed by atoms with van der Waals surface area (Å²) in [6.45, 7) is 2.22. The van der Waals surface area contributed by atoms with Crippen molar-refractivity contribution >= 4 is 14.7 Å². The first-order chi connectivity index (χ1) is 6.40. The summed E-state index contributed by atoms with van der Waals surface area (Å²) in [5.41, 5.74) is 1.41. The topological polar surface area (TPSA) is 0 Å². The van der Waals surface area contributed by atoms with E-state index in [1.165, 1.54) is 10.8 Å². The van der Waals surface area contributed by atoms with Crippen molar-refractivity contribution in [2.24, 2.45) is 0 Å². The van der Waals surface area contributed by atoms with Gasteiger partial charge in [-0.05, 0) is 5.56 Å². The smallest absolute Gasteiger partial charge is 0.0732 e. The van der Waals surface area contributed by atoms with E-state index in [-0.39, 0.29) is 21.7 Å². The number of hydrogen-bond donors (Lipinski definition) is 0. The Morgan fingerprint density at radius 3 is 2.50 bits per heavy atom. The van der Waals surface area contributed by atoms with Crippen LogP contribution in [-0.4, -0.2) is 9.52 Å². The summed E-state index contributed by atoms with van der Waals surface area (Å²) in [6.07, 6.45) is 8.70. The summed E-state index contributed by atoms with van der Waals surface area (Å²) in [6, 6.07) is 8.86. The fourth-order valence-corrected chi connectivity index (χ4v) is 2.13. The van der Waals surface area contributed by atoms with Crippen LogP contribution >= 0.6 is 0 Å². The van der Waals surface area contributed by atoms with Crippen LogP contribution in [0.25, 0.3) is 0 Å². The van der Waals surface area contributed by atoms with Crippen molar-refractivity contribution in [2.75, 3.05) is 0 Å². The second kappa shape index (κ2) is 5.50. The maximum absolute atomic E-state index is 2.31. The molecule has 14 heavy (non-hydrogen) atoms. The van der Waals surface area contributed by atoms with Crippen LogP contribution < -0.4 is 5.19 Å². The average Bonchev–Trinajstić information content (AvgIpc) is 2.71. The fourth-order valence-electron chi connectivity index (χ4n) is 1.56. The predicted molar refractivity (Wildman–Crippen MR) is 58.7 cm³/mol. The van der Waals surface area contributed by atoms with E-state index in [2.05, 4.69) is 55.1 Å². The van der Waals surface area contributed by atoms with Crippen molar-refractivity contribution in [1.29, 1.82) is 0 Å². The molecular weight excluding hydrogens is 220 g/mol. The molecule has 0 nitrogen and oxygen atoms in total. The Bertz CT molecular complexity index is 343. The fraction of sp³-hybridized carbons (Fsp3) is 0.167. The van der Waals surface area contributed by atoms with Gasteiger partial charge in [-0.1, -0.05) is 60.3 Å². The van der Waals surface area contributed by atoms with Crippen molar-refractivity contribution < 1.29 is 21.7 Å². The van der Waals surface area contributed by atoms with Crippen LogP contribution in [0.5, 0.6) is 0 Å². The van der Waals surface area contributed by atoms with Crippen molar-refractivity contribution in [3.05, 3.63) is 54.1 Å². The average molecular weight is 232 g/mol. The maximum atomic E-state index is 2.31. The Kier molecular flexibility index (Phi) is 4.60. The number of benzene rings is 1. The van der Waals surface area contributed by atoms with Gasteiger partial charge in [0.1, 0.15) is 0 Å². The molecule has 0 N–H and O–H groups in total. The quantitative estimate of drug-likeness (QED) is 0.686. The molecule has 0 bridgehead atoms. The summed E-state index contributed by atoms with van der Waals surface area (Å²) >= 11 is 0. The van der Waals surface area contributed by atoms with Gasteiger partial charge >= 0.3 is 0 Å². The van der Waals surface area contributed by atoms with Crippen molar-refractivity contribution in [3.8, 4) is 0 Å². The molecule has 0 atom stereocenters. The van der Waals surface area contributed by atoms with E-state index in [4.69, 9.17) is 0 Å². The standard InChI is InChI=1S/C12H12Si.Ti/c1-13-12-8-4-7-11(9-12)10-5-2-3-6-10;/h2-10H,1H3;. The van der Waals surface area contributed by atoms with E-state index in [1.807, 2.05) is 0 Å². The molecule has 0 fully saturated rings. The van der Waals surface area contributed by atoms with E-state index in [9.17, 15) is 0 Å². The van der Waals surface area contributed by atoms with Crippen LogP contribution in [0.2, 0.25) is 6.55 Å². The summed E-state index contributed by atoms with van der Waals surface area (Å²) in [5, 5.41) is 1.45. The summed E-state index contributed by atoms with van der Waals surface area (Å²) < 4.78 is 0. The molecule has 2 rings (SSSR count). The van der Waals surface area contributed by atoms with Gasteiger partial charge in [0.25, 0.3) is 0 Å². The molecule has 1 aliphatic carbocycles. The Hall–Kier alpha value is -0.369. The van der Waals surface area contributed by atoms with Crippen LogP contribution in [0.1, 0.15) is 11.5 Å². The zero-order valence-electron chi connectivity index (χ0n) is 8.20. The molecule has 0 aromatic heterocycles. The van der Waals surface area contributed by atoms with Crippen LogP contribution in [0.4, 0.5) is 0 Å². The molecule has 0 saturated carbocycles. The van der Waals surface area contributed by atoms with Gasteiger partial charge in [0, 0.05) is 27.6 Å². The zero-order chi connectivity index (χ0) is 9.10. The minimum Gasteiger partial charge on any atom is -0.0732 e. The molecule has 2 radical (unpaired) electrons. The normalized spacial score (nSPS) is 14.4. The van der Waals surface area contributed by atoms with Gasteiger partial charge in [0.05, 0.1) is 9.52 Å². The Morgan fingerprint density at radius 1 is 1.14 bits per heavy atom. The number of hydrogen-bond acceptors (Lipinski definition) is 0. The second-order valence-corrected chi connectivity index (χ2v) is 4.25. The van der Waals surface area contributed by atoms with Crippen LogP contribution in [0, 0.1) is 0 Å². The summed E-state index contributed by atoms with van der Waals surface area (Å²) in [4.78, 5) is 0. The SMILES string of the molecule is C[Si]c1cccc(C2C=CC=C2)c1.[Ti]. The van der Waals surface area contributed by atoms with E-state index >= 15 is 0 Å². The Labute approximate surface area is 103 Å². The third kappa shape index (κ3) is 2.57. The van der Waals surface area contributed by atoms with Gasteiger partial charge in [-0.25, -0.2) is 0 Å². The van der Waals surface area contributed by atoms with E-state index in [0.717, 1.165) is 9.52 Å². The second-order valence-electron chi connectivity index (χ2n) is 3.17. The van der Waals surface area contributed by atoms with Gasteiger partial charge in [0.15, 0.2) is 0 Å². The number of allylic oxidation sites excluding steroid dienone is 4. The Morgan fingerprint density at radius 2 is 1.86 bits per heavy atom. The molecule has 0 amide bonds. The molecule has 0 spiro atoms. The van der Waals surface area contributed by atoms with E-state index < -0.39 is 0 Å². The first-order valence-corrected chi connectivity index (χ1v) is 6.03. The third-order valence-electron chi connectivity index (χ3n) is 2.31. The molecule has 0 unspecified atom stereocenters. The van der Waals surface area contributed by atoms with E-state index in [1.54, 1.807) is 0 Å². The molecule has 1 aromatic rings. The maximum Gasteiger partial charge on any atom is 0.0773 e. The van der Waals surface area contributed by atoms with Crippen LogP contribution in [0.15, 0.2) is 48.6 Å². The molecule has 1 aliphatic rings. The summed E-state index contributed by atoms with van der Waals surface area (Å²) in [7, 11) is 0.894. The minimum absolute atomic E-state index is 0.